The second kappa shape index (κ2) is 9.47. The molecule has 0 fully saturated rings. The van der Waals surface area contributed by atoms with Gasteiger partial charge in [-0.3, -0.25) is 4.79 Å². The van der Waals surface area contributed by atoms with E-state index in [-0.39, 0.29) is 5.78 Å². The van der Waals surface area contributed by atoms with Crippen LogP contribution in [0.15, 0.2) is 76.3 Å². The third-order valence-electron chi connectivity index (χ3n) is 5.96. The third kappa shape index (κ3) is 4.75. The molecule has 5 aromatic rings. The summed E-state index contributed by atoms with van der Waals surface area (Å²) < 4.78 is 8.02. The maximum atomic E-state index is 13.2. The normalized spacial score (nSPS) is 12.2. The van der Waals surface area contributed by atoms with Crippen molar-refractivity contribution in [3.05, 3.63) is 83.6 Å². The summed E-state index contributed by atoms with van der Waals surface area (Å²) in [6.45, 7) is 5.65. The van der Waals surface area contributed by atoms with Crippen molar-refractivity contribution in [3.8, 4) is 0 Å². The average Bonchev–Trinajstić information content (AvgIpc) is 3.44. The number of hydrogen-bond acceptors (Lipinski definition) is 6. The number of carbonyl (C=O) groups excluding carboxylic acids is 2. The van der Waals surface area contributed by atoms with E-state index in [9.17, 15) is 9.59 Å². The lowest BCUT2D eigenvalue weighted by molar-refractivity contribution is -0.140. The molecule has 0 amide bonds. The highest BCUT2D eigenvalue weighted by Crippen LogP contribution is 2.36. The maximum Gasteiger partial charge on any atom is 0.331 e. The monoisotopic (exact) mass is 483 g/mol. The van der Waals surface area contributed by atoms with Gasteiger partial charge in [-0.1, -0.05) is 43.3 Å². The first-order valence-corrected chi connectivity index (χ1v) is 12.4. The van der Waals surface area contributed by atoms with Crippen LogP contribution in [0.3, 0.4) is 0 Å². The molecule has 0 bridgehead atoms. The van der Waals surface area contributed by atoms with Crippen molar-refractivity contribution in [1.82, 2.24) is 0 Å². The first kappa shape index (κ1) is 23.0. The molecule has 176 valence electrons. The van der Waals surface area contributed by atoms with Gasteiger partial charge in [0.05, 0.1) is 5.71 Å². The zero-order chi connectivity index (χ0) is 24.5. The summed E-state index contributed by atoms with van der Waals surface area (Å²) in [6, 6.07) is 21.3. The van der Waals surface area contributed by atoms with Crippen LogP contribution in [0.1, 0.15) is 55.3 Å². The van der Waals surface area contributed by atoms with Crippen LogP contribution in [-0.4, -0.2) is 17.5 Å². The first-order valence-electron chi connectivity index (χ1n) is 11.6. The first-order chi connectivity index (χ1) is 16.9. The molecule has 0 unspecified atom stereocenters. The highest BCUT2D eigenvalue weighted by Gasteiger charge is 2.17. The maximum absolute atomic E-state index is 13.2. The van der Waals surface area contributed by atoms with Gasteiger partial charge in [-0.2, -0.15) is 0 Å². The lowest BCUT2D eigenvalue weighted by Crippen LogP contribution is -2.06. The van der Waals surface area contributed by atoms with Crippen molar-refractivity contribution < 1.29 is 18.8 Å². The zero-order valence-electron chi connectivity index (χ0n) is 19.8. The van der Waals surface area contributed by atoms with Crippen LogP contribution in [0, 0.1) is 5.92 Å². The second-order valence-corrected chi connectivity index (χ2v) is 10.1. The molecule has 35 heavy (non-hydrogen) atoms. The van der Waals surface area contributed by atoms with Crippen molar-refractivity contribution in [2.24, 2.45) is 11.1 Å². The number of ketones is 1. The summed E-state index contributed by atoms with van der Waals surface area (Å²) in [5, 5.41) is 7.10. The minimum atomic E-state index is -0.442. The van der Waals surface area contributed by atoms with Gasteiger partial charge in [0.15, 0.2) is 5.76 Å². The van der Waals surface area contributed by atoms with Gasteiger partial charge in [0.25, 0.3) is 0 Å². The van der Waals surface area contributed by atoms with Gasteiger partial charge >= 0.3 is 5.97 Å². The molecule has 0 saturated carbocycles. The highest BCUT2D eigenvalue weighted by atomic mass is 32.1. The van der Waals surface area contributed by atoms with Gasteiger partial charge < -0.3 is 9.25 Å². The smallest absolute Gasteiger partial charge is 0.331 e. The summed E-state index contributed by atoms with van der Waals surface area (Å²) in [6.07, 6.45) is 1.63. The van der Waals surface area contributed by atoms with Crippen molar-refractivity contribution in [2.45, 2.75) is 33.6 Å². The predicted molar refractivity (Wildman–Crippen MR) is 141 cm³/mol. The van der Waals surface area contributed by atoms with Crippen LogP contribution >= 0.6 is 11.3 Å². The van der Waals surface area contributed by atoms with Gasteiger partial charge in [0.2, 0.25) is 5.78 Å². The molecule has 0 spiro atoms. The Morgan fingerprint density at radius 1 is 0.943 bits per heavy atom. The van der Waals surface area contributed by atoms with Gasteiger partial charge in [-0.25, -0.2) is 4.79 Å². The second-order valence-electron chi connectivity index (χ2n) is 9.05. The number of para-hydroxylation sites is 1. The molecule has 0 aliphatic heterocycles. The Morgan fingerprint density at radius 2 is 1.63 bits per heavy atom. The molecule has 0 N–H and O–H groups in total. The Labute approximate surface area is 207 Å². The average molecular weight is 484 g/mol. The molecule has 2 heterocycles. The van der Waals surface area contributed by atoms with Crippen LogP contribution in [0.5, 0.6) is 0 Å². The Balaban J connectivity index is 1.55. The molecule has 3 aromatic carbocycles. The molecule has 5 nitrogen and oxygen atoms in total. The summed E-state index contributed by atoms with van der Waals surface area (Å²) in [5.41, 5.74) is 2.93. The van der Waals surface area contributed by atoms with E-state index in [1.807, 2.05) is 48.5 Å². The number of fused-ring (bicyclic) bond motifs is 4. The summed E-state index contributed by atoms with van der Waals surface area (Å²) >= 11 is 1.68. The highest BCUT2D eigenvalue weighted by molar-refractivity contribution is 7.25. The molecule has 0 radical (unpaired) electrons. The van der Waals surface area contributed by atoms with Gasteiger partial charge in [-0.05, 0) is 61.2 Å². The Hall–Kier alpha value is -3.77. The molecule has 6 heteroatoms. The molecular formula is C29H25NO4S. The van der Waals surface area contributed by atoms with Crippen LogP contribution in [-0.2, 0) is 9.63 Å². The number of nitrogens with zero attached hydrogens (tertiary/aromatic N) is 1. The van der Waals surface area contributed by atoms with E-state index in [2.05, 4.69) is 31.1 Å². The van der Waals surface area contributed by atoms with E-state index in [4.69, 9.17) is 9.25 Å². The van der Waals surface area contributed by atoms with E-state index < -0.39 is 5.97 Å². The van der Waals surface area contributed by atoms with E-state index >= 15 is 0 Å². The predicted octanol–water partition coefficient (Wildman–Crippen LogP) is 7.74. The van der Waals surface area contributed by atoms with E-state index in [1.165, 1.54) is 6.92 Å². The Bertz CT molecular complexity index is 1570. The third-order valence-corrected chi connectivity index (χ3v) is 7.11. The quantitative estimate of drug-likeness (QED) is 0.103. The topological polar surface area (TPSA) is 68.9 Å². The number of oxime groups is 1. The fraction of sp³-hybridized carbons (Fsp3) is 0.207. The van der Waals surface area contributed by atoms with Gasteiger partial charge in [-0.15, -0.1) is 11.3 Å². The number of benzene rings is 3. The van der Waals surface area contributed by atoms with Crippen LogP contribution in [0.2, 0.25) is 0 Å². The standard InChI is InChI=1S/C29H25NO4S/c1-17(2)8-11-24(30-34-18(3)31)19-9-12-27-22(14-19)23-15-21(10-13-28(23)35-27)29(32)26-16-20-6-4-5-7-25(20)33-26/h4-7,9-10,12-17H,8,11H2,1-3H3/b30-24+. The number of thiophene rings is 1. The van der Waals surface area contributed by atoms with E-state index in [1.54, 1.807) is 17.4 Å². The van der Waals surface area contributed by atoms with Gasteiger partial charge in [0, 0.05) is 43.6 Å². The van der Waals surface area contributed by atoms with E-state index in [0.717, 1.165) is 43.3 Å². The van der Waals surface area contributed by atoms with Crippen LogP contribution in [0.4, 0.5) is 0 Å². The Morgan fingerprint density at radius 3 is 2.31 bits per heavy atom. The lowest BCUT2D eigenvalue weighted by Gasteiger charge is -2.08. The molecule has 0 aliphatic carbocycles. The zero-order valence-corrected chi connectivity index (χ0v) is 20.6. The molecule has 0 saturated heterocycles. The lowest BCUT2D eigenvalue weighted by atomic mass is 9.98. The fourth-order valence-corrected chi connectivity index (χ4v) is 5.19. The van der Waals surface area contributed by atoms with Crippen molar-refractivity contribution >= 4 is 59.9 Å². The number of carbonyl (C=O) groups is 2. The Kier molecular flexibility index (Phi) is 6.22. The minimum absolute atomic E-state index is 0.146. The van der Waals surface area contributed by atoms with Crippen molar-refractivity contribution in [2.75, 3.05) is 0 Å². The molecular weight excluding hydrogens is 458 g/mol. The minimum Gasteiger partial charge on any atom is -0.453 e. The largest absolute Gasteiger partial charge is 0.453 e. The summed E-state index contributed by atoms with van der Waals surface area (Å²) in [4.78, 5) is 29.6. The van der Waals surface area contributed by atoms with Crippen LogP contribution < -0.4 is 0 Å². The molecule has 0 atom stereocenters. The summed E-state index contributed by atoms with van der Waals surface area (Å²) in [7, 11) is 0. The number of hydrogen-bond donors (Lipinski definition) is 0. The van der Waals surface area contributed by atoms with Crippen LogP contribution in [0.25, 0.3) is 31.1 Å². The number of furan rings is 1. The van der Waals surface area contributed by atoms with Crippen molar-refractivity contribution in [3.63, 3.8) is 0 Å². The fourth-order valence-electron chi connectivity index (χ4n) is 4.12. The molecule has 2 aromatic heterocycles. The van der Waals surface area contributed by atoms with Crippen molar-refractivity contribution in [1.29, 1.82) is 0 Å². The summed E-state index contributed by atoms with van der Waals surface area (Å²) in [5.74, 6) is 0.237. The molecule has 5 rings (SSSR count). The van der Waals surface area contributed by atoms with E-state index in [0.29, 0.717) is 29.2 Å². The SMILES string of the molecule is CC(=O)O/N=C(\CCC(C)C)c1ccc2sc3ccc(C(=O)c4cc5ccccc5o4)cc3c2c1. The van der Waals surface area contributed by atoms with Gasteiger partial charge in [0.1, 0.15) is 5.58 Å². The molecule has 0 aliphatic rings. The number of rotatable bonds is 7.